The highest BCUT2D eigenvalue weighted by Crippen LogP contribution is 2.25. The molecule has 1 unspecified atom stereocenters. The third-order valence-corrected chi connectivity index (χ3v) is 4.05. The van der Waals surface area contributed by atoms with E-state index in [4.69, 9.17) is 15.2 Å². The average Bonchev–Trinajstić information content (AvgIpc) is 2.45. The molecule has 0 rings (SSSR count). The molecule has 0 aromatic rings. The number of methoxy groups -OCH3 is 2. The Morgan fingerprint density at radius 1 is 1.00 bits per heavy atom. The number of nitrogens with zero attached hydrogens (tertiary/aromatic N) is 1. The molecule has 0 aliphatic rings. The summed E-state index contributed by atoms with van der Waals surface area (Å²) < 4.78 is 10.4. The minimum atomic E-state index is 0.127. The zero-order valence-corrected chi connectivity index (χ0v) is 13.4. The first-order valence-electron chi connectivity index (χ1n) is 7.63. The van der Waals surface area contributed by atoms with Crippen LogP contribution in [0, 0.1) is 0 Å². The van der Waals surface area contributed by atoms with Crippen LogP contribution in [0.15, 0.2) is 0 Å². The van der Waals surface area contributed by atoms with Crippen molar-refractivity contribution in [3.63, 3.8) is 0 Å². The highest BCUT2D eigenvalue weighted by atomic mass is 16.5. The predicted molar refractivity (Wildman–Crippen MR) is 81.5 cm³/mol. The minimum absolute atomic E-state index is 0.127. The van der Waals surface area contributed by atoms with Gasteiger partial charge in [0.25, 0.3) is 0 Å². The fraction of sp³-hybridized carbons (Fsp3) is 1.00. The summed E-state index contributed by atoms with van der Waals surface area (Å²) >= 11 is 0. The molecule has 0 spiro atoms. The molecule has 1 atom stereocenters. The molecule has 0 heterocycles. The fourth-order valence-corrected chi connectivity index (χ4v) is 2.63. The van der Waals surface area contributed by atoms with Crippen molar-refractivity contribution in [2.45, 2.75) is 51.5 Å². The van der Waals surface area contributed by atoms with Crippen LogP contribution in [0.3, 0.4) is 0 Å². The van der Waals surface area contributed by atoms with Gasteiger partial charge in [-0.15, -0.1) is 0 Å². The molecule has 0 aromatic heterocycles. The van der Waals surface area contributed by atoms with Gasteiger partial charge in [-0.2, -0.15) is 0 Å². The van der Waals surface area contributed by atoms with Gasteiger partial charge in [-0.25, -0.2) is 0 Å². The van der Waals surface area contributed by atoms with E-state index in [0.29, 0.717) is 0 Å². The average molecular weight is 274 g/mol. The number of rotatable bonds is 13. The van der Waals surface area contributed by atoms with Gasteiger partial charge in [0.15, 0.2) is 0 Å². The van der Waals surface area contributed by atoms with Gasteiger partial charge in [-0.1, -0.05) is 26.7 Å². The van der Waals surface area contributed by atoms with E-state index in [9.17, 15) is 0 Å². The fourth-order valence-electron chi connectivity index (χ4n) is 2.63. The maximum Gasteiger partial charge on any atom is 0.0589 e. The van der Waals surface area contributed by atoms with E-state index in [1.165, 1.54) is 19.3 Å². The molecule has 2 N–H and O–H groups in total. The Bertz CT molecular complexity index is 197. The van der Waals surface area contributed by atoms with Crippen LogP contribution in [0.5, 0.6) is 0 Å². The van der Waals surface area contributed by atoms with E-state index in [1.807, 2.05) is 0 Å². The Morgan fingerprint density at radius 2 is 1.68 bits per heavy atom. The standard InChI is InChI=1S/C15H34N2O2/c1-5-7-9-15(6-2,14-16)17(11-13-19-4)10-8-12-18-3/h5-14,16H2,1-4H3. The normalized spacial score (nSPS) is 14.8. The second kappa shape index (κ2) is 11.6. The first kappa shape index (κ1) is 18.8. The lowest BCUT2D eigenvalue weighted by atomic mass is 9.87. The number of unbranched alkanes of at least 4 members (excludes halogenated alkanes) is 1. The Balaban J connectivity index is 4.67. The number of nitrogens with two attached hydrogens (primary N) is 1. The Hall–Kier alpha value is -0.160. The molecule has 0 aromatic carbocycles. The van der Waals surface area contributed by atoms with Gasteiger partial charge >= 0.3 is 0 Å². The largest absolute Gasteiger partial charge is 0.385 e. The Kier molecular flexibility index (Phi) is 11.6. The van der Waals surface area contributed by atoms with Crippen LogP contribution in [0.2, 0.25) is 0 Å². The summed E-state index contributed by atoms with van der Waals surface area (Å²) in [6.07, 6.45) is 5.78. The van der Waals surface area contributed by atoms with Crippen molar-refractivity contribution in [3.8, 4) is 0 Å². The third-order valence-electron chi connectivity index (χ3n) is 4.05. The number of ether oxygens (including phenoxy) is 2. The van der Waals surface area contributed by atoms with Gasteiger partial charge in [0.1, 0.15) is 0 Å². The van der Waals surface area contributed by atoms with Crippen LogP contribution in [-0.2, 0) is 9.47 Å². The van der Waals surface area contributed by atoms with E-state index >= 15 is 0 Å². The molecule has 0 aliphatic carbocycles. The van der Waals surface area contributed by atoms with Crippen molar-refractivity contribution in [1.29, 1.82) is 0 Å². The molecule has 19 heavy (non-hydrogen) atoms. The van der Waals surface area contributed by atoms with Crippen LogP contribution in [-0.4, -0.2) is 57.5 Å². The van der Waals surface area contributed by atoms with Gasteiger partial charge in [0.2, 0.25) is 0 Å². The third kappa shape index (κ3) is 6.70. The monoisotopic (exact) mass is 274 g/mol. The maximum atomic E-state index is 6.12. The molecule has 0 fully saturated rings. The molecule has 4 heteroatoms. The highest BCUT2D eigenvalue weighted by molar-refractivity contribution is 4.90. The summed E-state index contributed by atoms with van der Waals surface area (Å²) in [6, 6.07) is 0. The first-order valence-corrected chi connectivity index (χ1v) is 7.63. The SMILES string of the molecule is CCCCC(CC)(CN)N(CCCOC)CCOC. The molecule has 0 bridgehead atoms. The maximum absolute atomic E-state index is 6.12. The molecule has 0 saturated heterocycles. The first-order chi connectivity index (χ1) is 9.20. The smallest absolute Gasteiger partial charge is 0.0589 e. The topological polar surface area (TPSA) is 47.7 Å². The minimum Gasteiger partial charge on any atom is -0.385 e. The van der Waals surface area contributed by atoms with E-state index in [0.717, 1.165) is 45.7 Å². The molecule has 0 radical (unpaired) electrons. The lowest BCUT2D eigenvalue weighted by molar-refractivity contribution is 0.0413. The van der Waals surface area contributed by atoms with Gasteiger partial charge < -0.3 is 15.2 Å². The lowest BCUT2D eigenvalue weighted by Crippen LogP contribution is -2.55. The van der Waals surface area contributed by atoms with Crippen LogP contribution in [0.1, 0.15) is 46.0 Å². The van der Waals surface area contributed by atoms with Crippen LogP contribution >= 0.6 is 0 Å². The second-order valence-electron chi connectivity index (χ2n) is 5.21. The molecule has 0 saturated carbocycles. The molecular weight excluding hydrogens is 240 g/mol. The molecule has 0 aliphatic heterocycles. The van der Waals surface area contributed by atoms with E-state index in [-0.39, 0.29) is 5.54 Å². The Morgan fingerprint density at radius 3 is 2.16 bits per heavy atom. The van der Waals surface area contributed by atoms with Crippen LogP contribution in [0.25, 0.3) is 0 Å². The zero-order chi connectivity index (χ0) is 14.6. The van der Waals surface area contributed by atoms with Crippen molar-refractivity contribution >= 4 is 0 Å². The van der Waals surface area contributed by atoms with Gasteiger partial charge in [-0.05, 0) is 19.3 Å². The van der Waals surface area contributed by atoms with Gasteiger partial charge in [-0.3, -0.25) is 4.90 Å². The number of hydrogen-bond donors (Lipinski definition) is 1. The quantitative estimate of drug-likeness (QED) is 0.523. The van der Waals surface area contributed by atoms with Crippen LogP contribution in [0.4, 0.5) is 0 Å². The molecule has 116 valence electrons. The van der Waals surface area contributed by atoms with Gasteiger partial charge in [0, 0.05) is 46.0 Å². The van der Waals surface area contributed by atoms with E-state index < -0.39 is 0 Å². The van der Waals surface area contributed by atoms with Crippen molar-refractivity contribution in [3.05, 3.63) is 0 Å². The second-order valence-corrected chi connectivity index (χ2v) is 5.21. The van der Waals surface area contributed by atoms with E-state index in [2.05, 4.69) is 18.7 Å². The summed E-state index contributed by atoms with van der Waals surface area (Å²) in [5.74, 6) is 0. The van der Waals surface area contributed by atoms with Crippen LogP contribution < -0.4 is 5.73 Å². The van der Waals surface area contributed by atoms with Crippen molar-refractivity contribution in [1.82, 2.24) is 4.90 Å². The zero-order valence-electron chi connectivity index (χ0n) is 13.4. The van der Waals surface area contributed by atoms with Gasteiger partial charge in [0.05, 0.1) is 6.61 Å². The summed E-state index contributed by atoms with van der Waals surface area (Å²) in [5.41, 5.74) is 6.25. The molecular formula is C15H34N2O2. The predicted octanol–water partition coefficient (Wildman–Crippen LogP) is 2.27. The summed E-state index contributed by atoms with van der Waals surface area (Å²) in [7, 11) is 3.52. The van der Waals surface area contributed by atoms with Crippen molar-refractivity contribution in [2.75, 3.05) is 47.1 Å². The van der Waals surface area contributed by atoms with Crippen molar-refractivity contribution < 1.29 is 9.47 Å². The highest BCUT2D eigenvalue weighted by Gasteiger charge is 2.32. The number of hydrogen-bond acceptors (Lipinski definition) is 4. The van der Waals surface area contributed by atoms with E-state index in [1.54, 1.807) is 14.2 Å². The molecule has 0 amide bonds. The van der Waals surface area contributed by atoms with Crippen molar-refractivity contribution in [2.24, 2.45) is 5.73 Å². The lowest BCUT2D eigenvalue weighted by Gasteiger charge is -2.43. The molecule has 4 nitrogen and oxygen atoms in total. The Labute approximate surface area is 119 Å². The summed E-state index contributed by atoms with van der Waals surface area (Å²) in [6.45, 7) is 8.77. The summed E-state index contributed by atoms with van der Waals surface area (Å²) in [5, 5.41) is 0. The summed E-state index contributed by atoms with van der Waals surface area (Å²) in [4.78, 5) is 2.52.